The third-order valence-corrected chi connectivity index (χ3v) is 5.18. The number of carbonyl (C=O) groups excluding carboxylic acids is 2. The van der Waals surface area contributed by atoms with Gasteiger partial charge < -0.3 is 14.5 Å². The molecule has 174 valence electrons. The Morgan fingerprint density at radius 2 is 2.03 bits per heavy atom. The summed E-state index contributed by atoms with van der Waals surface area (Å²) in [7, 11) is 0. The number of hydrogen-bond donors (Lipinski definition) is 1. The van der Waals surface area contributed by atoms with E-state index in [1.807, 2.05) is 0 Å². The Labute approximate surface area is 189 Å². The maximum Gasteiger partial charge on any atom is 0.416 e. The monoisotopic (exact) mass is 481 g/mol. The van der Waals surface area contributed by atoms with Gasteiger partial charge in [-0.3, -0.25) is 14.2 Å². The van der Waals surface area contributed by atoms with E-state index in [2.05, 4.69) is 10.3 Å². The number of esters is 1. The summed E-state index contributed by atoms with van der Waals surface area (Å²) in [6.45, 7) is 1.68. The summed E-state index contributed by atoms with van der Waals surface area (Å²) < 4.78 is 50.4. The first kappa shape index (κ1) is 24.1. The molecule has 0 radical (unpaired) electrons. The van der Waals surface area contributed by atoms with E-state index in [1.54, 1.807) is 19.1 Å². The molecule has 0 saturated carbocycles. The SMILES string of the molecule is CCOC(=O)c1cnc(SCC(=O)NCc2ccco2)n(-c2cccc(C(F)(F)F)c2)c1=O. The number of amides is 1. The number of halogens is 3. The first-order chi connectivity index (χ1) is 15.7. The van der Waals surface area contributed by atoms with Gasteiger partial charge in [0.05, 0.1) is 42.6 Å². The normalized spacial score (nSPS) is 11.3. The van der Waals surface area contributed by atoms with E-state index in [9.17, 15) is 27.6 Å². The van der Waals surface area contributed by atoms with E-state index >= 15 is 0 Å². The zero-order valence-corrected chi connectivity index (χ0v) is 18.0. The van der Waals surface area contributed by atoms with Gasteiger partial charge in [0.25, 0.3) is 5.56 Å². The van der Waals surface area contributed by atoms with Crippen LogP contribution in [0.3, 0.4) is 0 Å². The molecule has 0 spiro atoms. The Balaban J connectivity index is 1.93. The largest absolute Gasteiger partial charge is 0.467 e. The molecule has 0 aliphatic carbocycles. The number of nitrogens with one attached hydrogen (secondary N) is 1. The van der Waals surface area contributed by atoms with Gasteiger partial charge in [-0.1, -0.05) is 17.8 Å². The Bertz CT molecular complexity index is 1190. The van der Waals surface area contributed by atoms with Crippen LogP contribution in [0.25, 0.3) is 5.69 Å². The third kappa shape index (κ3) is 6.04. The van der Waals surface area contributed by atoms with Crippen LogP contribution in [0.2, 0.25) is 0 Å². The van der Waals surface area contributed by atoms with Gasteiger partial charge >= 0.3 is 12.1 Å². The molecule has 2 heterocycles. The summed E-state index contributed by atoms with van der Waals surface area (Å²) in [5.41, 5.74) is -2.50. The van der Waals surface area contributed by atoms with Crippen LogP contribution in [0.1, 0.15) is 28.6 Å². The van der Waals surface area contributed by atoms with Crippen LogP contribution in [0.4, 0.5) is 13.2 Å². The molecule has 12 heteroatoms. The van der Waals surface area contributed by atoms with Crippen molar-refractivity contribution in [2.24, 2.45) is 0 Å². The average molecular weight is 481 g/mol. The van der Waals surface area contributed by atoms with Crippen molar-refractivity contribution >= 4 is 23.6 Å². The van der Waals surface area contributed by atoms with Crippen LogP contribution in [0.15, 0.2) is 63.2 Å². The van der Waals surface area contributed by atoms with E-state index in [4.69, 9.17) is 9.15 Å². The Hall–Kier alpha value is -3.54. The van der Waals surface area contributed by atoms with E-state index in [1.165, 1.54) is 12.3 Å². The molecule has 8 nitrogen and oxygen atoms in total. The quantitative estimate of drug-likeness (QED) is 0.299. The number of benzene rings is 1. The second-order valence-corrected chi connectivity index (χ2v) is 7.45. The number of rotatable bonds is 8. The second-order valence-electron chi connectivity index (χ2n) is 6.51. The number of furan rings is 1. The molecule has 33 heavy (non-hydrogen) atoms. The number of thioether (sulfide) groups is 1. The first-order valence-corrected chi connectivity index (χ1v) is 10.6. The minimum absolute atomic E-state index is 0.00578. The van der Waals surface area contributed by atoms with Crippen molar-refractivity contribution in [3.63, 3.8) is 0 Å². The molecule has 1 aromatic carbocycles. The zero-order valence-electron chi connectivity index (χ0n) is 17.2. The lowest BCUT2D eigenvalue weighted by molar-refractivity contribution is -0.137. The first-order valence-electron chi connectivity index (χ1n) is 9.59. The number of nitrogens with zero attached hydrogens (tertiary/aromatic N) is 2. The van der Waals surface area contributed by atoms with Crippen LogP contribution < -0.4 is 10.9 Å². The second kappa shape index (κ2) is 10.4. The topological polar surface area (TPSA) is 103 Å². The lowest BCUT2D eigenvalue weighted by atomic mass is 10.2. The van der Waals surface area contributed by atoms with Crippen molar-refractivity contribution in [3.8, 4) is 5.69 Å². The summed E-state index contributed by atoms with van der Waals surface area (Å²) in [4.78, 5) is 41.3. The molecule has 0 fully saturated rings. The molecule has 3 aromatic rings. The number of carbonyl (C=O) groups is 2. The molecule has 3 rings (SSSR count). The molecule has 0 saturated heterocycles. The molecular weight excluding hydrogens is 463 g/mol. The molecule has 1 amide bonds. The number of alkyl halides is 3. The fourth-order valence-electron chi connectivity index (χ4n) is 2.72. The highest BCUT2D eigenvalue weighted by molar-refractivity contribution is 7.99. The van der Waals surface area contributed by atoms with E-state index in [0.29, 0.717) is 5.76 Å². The Kier molecular flexibility index (Phi) is 7.59. The van der Waals surface area contributed by atoms with Gasteiger partial charge in [0, 0.05) is 0 Å². The van der Waals surface area contributed by atoms with Gasteiger partial charge in [-0.2, -0.15) is 13.2 Å². The van der Waals surface area contributed by atoms with Gasteiger partial charge in [-0.05, 0) is 37.3 Å². The molecule has 0 atom stereocenters. The van der Waals surface area contributed by atoms with Crippen molar-refractivity contribution in [2.45, 2.75) is 24.8 Å². The van der Waals surface area contributed by atoms with Gasteiger partial charge in [0.2, 0.25) is 5.91 Å². The predicted molar refractivity (Wildman–Crippen MR) is 112 cm³/mol. The lowest BCUT2D eigenvalue weighted by Gasteiger charge is -2.15. The Morgan fingerprint density at radius 3 is 2.70 bits per heavy atom. The van der Waals surface area contributed by atoms with Crippen LogP contribution >= 0.6 is 11.8 Å². The predicted octanol–water partition coefficient (Wildman–Crippen LogP) is 3.43. The van der Waals surface area contributed by atoms with Crippen LogP contribution in [-0.2, 0) is 22.3 Å². The number of hydrogen-bond acceptors (Lipinski definition) is 7. The minimum atomic E-state index is -4.65. The molecule has 2 aromatic heterocycles. The fourth-order valence-corrected chi connectivity index (χ4v) is 3.53. The zero-order chi connectivity index (χ0) is 24.0. The summed E-state index contributed by atoms with van der Waals surface area (Å²) in [5.74, 6) is -1.03. The maximum atomic E-state index is 13.2. The molecule has 1 N–H and O–H groups in total. The Morgan fingerprint density at radius 1 is 1.24 bits per heavy atom. The highest BCUT2D eigenvalue weighted by Gasteiger charge is 2.31. The molecular formula is C21H18F3N3O5S. The van der Waals surface area contributed by atoms with Gasteiger partial charge in [0.15, 0.2) is 5.16 Å². The maximum absolute atomic E-state index is 13.2. The standard InChI is InChI=1S/C21H18F3N3O5S/c1-2-31-19(30)16-11-26-20(33-12-17(28)25-10-15-7-4-8-32-15)27(18(16)29)14-6-3-5-13(9-14)21(22,23)24/h3-9,11H,2,10,12H2,1H3,(H,25,28). The highest BCUT2D eigenvalue weighted by atomic mass is 32.2. The number of aromatic nitrogens is 2. The van der Waals surface area contributed by atoms with Crippen molar-refractivity contribution < 1.29 is 31.9 Å². The summed E-state index contributed by atoms with van der Waals surface area (Å²) >= 11 is 0.824. The van der Waals surface area contributed by atoms with E-state index < -0.39 is 34.7 Å². The highest BCUT2D eigenvalue weighted by Crippen LogP contribution is 2.30. The van der Waals surface area contributed by atoms with Crippen molar-refractivity contribution in [2.75, 3.05) is 12.4 Å². The lowest BCUT2D eigenvalue weighted by Crippen LogP contribution is -2.29. The smallest absolute Gasteiger partial charge is 0.416 e. The summed E-state index contributed by atoms with van der Waals surface area (Å²) in [6.07, 6.45) is -2.21. The van der Waals surface area contributed by atoms with Crippen molar-refractivity contribution in [3.05, 3.63) is 76.1 Å². The minimum Gasteiger partial charge on any atom is -0.467 e. The summed E-state index contributed by atoms with van der Waals surface area (Å²) in [6, 6.07) is 7.36. The van der Waals surface area contributed by atoms with Crippen molar-refractivity contribution in [1.82, 2.24) is 14.9 Å². The van der Waals surface area contributed by atoms with Gasteiger partial charge in [0.1, 0.15) is 11.3 Å². The number of ether oxygens (including phenoxy) is 1. The van der Waals surface area contributed by atoms with Crippen LogP contribution in [0.5, 0.6) is 0 Å². The molecule has 0 aliphatic rings. The average Bonchev–Trinajstić information content (AvgIpc) is 3.29. The van der Waals surface area contributed by atoms with Gasteiger partial charge in [-0.15, -0.1) is 0 Å². The van der Waals surface area contributed by atoms with E-state index in [0.717, 1.165) is 40.7 Å². The fraction of sp³-hybridized carbons (Fsp3) is 0.238. The summed E-state index contributed by atoms with van der Waals surface area (Å²) in [5, 5.41) is 2.54. The van der Waals surface area contributed by atoms with Crippen LogP contribution in [0, 0.1) is 0 Å². The molecule has 0 unspecified atom stereocenters. The molecule has 0 bridgehead atoms. The third-order valence-electron chi connectivity index (χ3n) is 4.23. The van der Waals surface area contributed by atoms with E-state index in [-0.39, 0.29) is 29.7 Å². The van der Waals surface area contributed by atoms with Crippen LogP contribution in [-0.4, -0.2) is 33.8 Å². The van der Waals surface area contributed by atoms with Gasteiger partial charge in [-0.25, -0.2) is 9.78 Å². The van der Waals surface area contributed by atoms with Crippen molar-refractivity contribution in [1.29, 1.82) is 0 Å². The molecule has 0 aliphatic heterocycles.